The third-order valence-electron chi connectivity index (χ3n) is 8.92. The summed E-state index contributed by atoms with van der Waals surface area (Å²) >= 11 is 0. The summed E-state index contributed by atoms with van der Waals surface area (Å²) < 4.78 is 17.6. The Bertz CT molecular complexity index is 1380. The normalized spacial score (nSPS) is 17.4. The molecule has 2 aliphatic heterocycles. The zero-order valence-electron chi connectivity index (χ0n) is 26.6. The highest BCUT2D eigenvalue weighted by molar-refractivity contribution is 5.72. The van der Waals surface area contributed by atoms with Gasteiger partial charge in [-0.05, 0) is 123 Å². The van der Waals surface area contributed by atoms with E-state index in [0.717, 1.165) is 60.7 Å². The number of piperidine rings is 1. The Morgan fingerprint density at radius 2 is 1.70 bits per heavy atom. The first-order chi connectivity index (χ1) is 20.6. The zero-order chi connectivity index (χ0) is 30.5. The van der Waals surface area contributed by atoms with E-state index in [1.165, 1.54) is 36.9 Å². The first-order valence-electron chi connectivity index (χ1n) is 15.9. The van der Waals surface area contributed by atoms with Crippen molar-refractivity contribution in [2.45, 2.75) is 85.0 Å². The molecule has 2 fully saturated rings. The number of nitrogens with one attached hydrogen (secondary N) is 1. The maximum Gasteiger partial charge on any atom is 0.408 e. The summed E-state index contributed by atoms with van der Waals surface area (Å²) in [6.45, 7) is 14.2. The van der Waals surface area contributed by atoms with Gasteiger partial charge in [-0.3, -0.25) is 0 Å². The molecule has 0 saturated carbocycles. The summed E-state index contributed by atoms with van der Waals surface area (Å²) in [7, 11) is 0. The molecule has 1 amide bonds. The van der Waals surface area contributed by atoms with Gasteiger partial charge in [0.05, 0.1) is 6.04 Å². The van der Waals surface area contributed by atoms with E-state index >= 15 is 0 Å². The van der Waals surface area contributed by atoms with Crippen molar-refractivity contribution in [1.29, 1.82) is 0 Å². The summed E-state index contributed by atoms with van der Waals surface area (Å²) in [6.07, 6.45) is 5.30. The minimum atomic E-state index is -0.541. The number of nitrogens with zero attached hydrogens (tertiary/aromatic N) is 1. The lowest BCUT2D eigenvalue weighted by molar-refractivity contribution is 0.00212. The molecule has 43 heavy (non-hydrogen) atoms. The Morgan fingerprint density at radius 3 is 2.42 bits per heavy atom. The average Bonchev–Trinajstić information content (AvgIpc) is 3.00. The van der Waals surface area contributed by atoms with E-state index in [-0.39, 0.29) is 6.04 Å². The number of benzene rings is 3. The first-order valence-corrected chi connectivity index (χ1v) is 15.9. The summed E-state index contributed by atoms with van der Waals surface area (Å²) in [5, 5.41) is 2.99. The van der Waals surface area contributed by atoms with Gasteiger partial charge in [0.2, 0.25) is 0 Å². The number of aryl methyl sites for hydroxylation is 1. The second-order valence-corrected chi connectivity index (χ2v) is 13.2. The van der Waals surface area contributed by atoms with Crippen LogP contribution < -0.4 is 15.0 Å². The summed E-state index contributed by atoms with van der Waals surface area (Å²) in [5.41, 5.74) is 6.80. The van der Waals surface area contributed by atoms with Gasteiger partial charge in [-0.1, -0.05) is 43.3 Å². The van der Waals surface area contributed by atoms with E-state index in [9.17, 15) is 4.79 Å². The molecule has 3 aromatic carbocycles. The van der Waals surface area contributed by atoms with Crippen LogP contribution in [0.2, 0.25) is 0 Å². The van der Waals surface area contributed by atoms with Crippen molar-refractivity contribution in [3.63, 3.8) is 0 Å². The van der Waals surface area contributed by atoms with Gasteiger partial charge in [-0.25, -0.2) is 4.79 Å². The molecule has 230 valence electrons. The summed E-state index contributed by atoms with van der Waals surface area (Å²) in [5.74, 6) is 0.945. The monoisotopic (exact) mass is 584 g/mol. The smallest absolute Gasteiger partial charge is 0.408 e. The Labute approximate surface area is 257 Å². The van der Waals surface area contributed by atoms with Crippen molar-refractivity contribution in [2.24, 2.45) is 5.41 Å². The molecule has 0 aromatic heterocycles. The first kappa shape index (κ1) is 30.9. The van der Waals surface area contributed by atoms with Crippen LogP contribution in [0.4, 0.5) is 10.5 Å². The van der Waals surface area contributed by atoms with Crippen molar-refractivity contribution >= 4 is 11.8 Å². The second-order valence-electron chi connectivity index (χ2n) is 13.2. The number of hydrogen-bond acceptors (Lipinski definition) is 5. The van der Waals surface area contributed by atoms with E-state index in [1.54, 1.807) is 0 Å². The van der Waals surface area contributed by atoms with Crippen LogP contribution in [0, 0.1) is 5.41 Å². The maximum absolute atomic E-state index is 12.4. The van der Waals surface area contributed by atoms with Crippen molar-refractivity contribution in [3.8, 4) is 16.9 Å². The molecular formula is C37H48N2O4. The number of carbonyl (C=O) groups is 1. The van der Waals surface area contributed by atoms with Crippen LogP contribution in [0.15, 0.2) is 66.7 Å². The lowest BCUT2D eigenvalue weighted by Crippen LogP contribution is -2.43. The Morgan fingerprint density at radius 1 is 0.953 bits per heavy atom. The molecule has 1 N–H and O–H groups in total. The molecule has 0 aliphatic carbocycles. The van der Waals surface area contributed by atoms with Crippen molar-refractivity contribution < 1.29 is 19.0 Å². The van der Waals surface area contributed by atoms with Crippen LogP contribution in [0.5, 0.6) is 5.75 Å². The van der Waals surface area contributed by atoms with Gasteiger partial charge < -0.3 is 24.4 Å². The van der Waals surface area contributed by atoms with Gasteiger partial charge in [-0.2, -0.15) is 0 Å². The van der Waals surface area contributed by atoms with E-state index in [2.05, 4.69) is 77.8 Å². The number of anilines is 1. The lowest BCUT2D eigenvalue weighted by atomic mass is 9.72. The molecular weight excluding hydrogens is 536 g/mol. The second kappa shape index (κ2) is 13.4. The van der Waals surface area contributed by atoms with Crippen molar-refractivity contribution in [2.75, 3.05) is 31.2 Å². The van der Waals surface area contributed by atoms with Gasteiger partial charge in [-0.15, -0.1) is 0 Å². The maximum atomic E-state index is 12.4. The minimum absolute atomic E-state index is 0.191. The number of rotatable bonds is 8. The van der Waals surface area contributed by atoms with Gasteiger partial charge in [0.15, 0.2) is 0 Å². The quantitative estimate of drug-likeness (QED) is 0.288. The van der Waals surface area contributed by atoms with Gasteiger partial charge in [0.1, 0.15) is 18.0 Å². The molecule has 1 unspecified atom stereocenters. The predicted octanol–water partition coefficient (Wildman–Crippen LogP) is 8.48. The summed E-state index contributed by atoms with van der Waals surface area (Å²) in [6, 6.07) is 23.4. The highest BCUT2D eigenvalue weighted by atomic mass is 16.6. The molecule has 1 spiro atoms. The average molecular weight is 585 g/mol. The van der Waals surface area contributed by atoms with Crippen LogP contribution in [0.1, 0.15) is 83.0 Å². The zero-order valence-corrected chi connectivity index (χ0v) is 26.6. The number of ether oxygens (including phenoxy) is 3. The molecule has 1 atom stereocenters. The van der Waals surface area contributed by atoms with Crippen molar-refractivity contribution in [1.82, 2.24) is 5.32 Å². The van der Waals surface area contributed by atoms with Crippen LogP contribution in [-0.2, 0) is 22.5 Å². The standard InChI is InChI=1S/C37H48N2O4/c1-6-29-10-7-8-13-34(29)42-26-28-22-32(25-33(23-28)39-18-14-37(15-19-39)16-20-41-21-17-37)31-12-9-11-30(24-31)27(2)38-35(40)43-36(3,4)5/h7-13,22-25,27H,6,14-21,26H2,1-5H3,(H,38,40). The molecule has 3 aromatic rings. The number of para-hydroxylation sites is 1. The van der Waals surface area contributed by atoms with E-state index in [4.69, 9.17) is 14.2 Å². The predicted molar refractivity (Wildman–Crippen MR) is 174 cm³/mol. The minimum Gasteiger partial charge on any atom is -0.489 e. The van der Waals surface area contributed by atoms with E-state index < -0.39 is 11.7 Å². The number of carbonyl (C=O) groups excluding carboxylic acids is 1. The SMILES string of the molecule is CCc1ccccc1OCc1cc(-c2cccc(C(C)NC(=O)OC(C)(C)C)c2)cc(N2CCC3(CCOCC3)CC2)c1. The summed E-state index contributed by atoms with van der Waals surface area (Å²) in [4.78, 5) is 15.0. The van der Waals surface area contributed by atoms with Crippen molar-refractivity contribution in [3.05, 3.63) is 83.4 Å². The molecule has 5 rings (SSSR count). The lowest BCUT2D eigenvalue weighted by Gasteiger charge is -2.45. The van der Waals surface area contributed by atoms with E-state index in [0.29, 0.717) is 12.0 Å². The van der Waals surface area contributed by atoms with Crippen LogP contribution in [-0.4, -0.2) is 38.0 Å². The number of amides is 1. The molecule has 2 heterocycles. The van der Waals surface area contributed by atoms with E-state index in [1.807, 2.05) is 33.8 Å². The van der Waals surface area contributed by atoms with Crippen LogP contribution >= 0.6 is 0 Å². The molecule has 2 aliphatic rings. The largest absolute Gasteiger partial charge is 0.489 e. The highest BCUT2D eigenvalue weighted by Crippen LogP contribution is 2.42. The fraction of sp³-hybridized carbons (Fsp3) is 0.486. The fourth-order valence-corrected chi connectivity index (χ4v) is 6.30. The number of alkyl carbamates (subject to hydrolysis) is 1. The molecule has 0 bridgehead atoms. The van der Waals surface area contributed by atoms with Crippen LogP contribution in [0.3, 0.4) is 0 Å². The highest BCUT2D eigenvalue weighted by Gasteiger charge is 2.36. The molecule has 6 nitrogen and oxygen atoms in total. The van der Waals surface area contributed by atoms with Gasteiger partial charge in [0.25, 0.3) is 0 Å². The van der Waals surface area contributed by atoms with Crippen LogP contribution in [0.25, 0.3) is 11.1 Å². The number of hydrogen-bond donors (Lipinski definition) is 1. The third-order valence-corrected chi connectivity index (χ3v) is 8.92. The molecule has 6 heteroatoms. The molecule has 2 saturated heterocycles. The Hall–Kier alpha value is -3.51. The Balaban J connectivity index is 1.40. The molecule has 0 radical (unpaired) electrons. The van der Waals surface area contributed by atoms with Gasteiger partial charge in [0, 0.05) is 32.0 Å². The topological polar surface area (TPSA) is 60.0 Å². The Kier molecular flexibility index (Phi) is 9.65. The third kappa shape index (κ3) is 8.11. The van der Waals surface area contributed by atoms with Gasteiger partial charge >= 0.3 is 6.09 Å². The fourth-order valence-electron chi connectivity index (χ4n) is 6.30.